The van der Waals surface area contributed by atoms with Crippen molar-refractivity contribution in [1.29, 1.82) is 0 Å². The largest absolute Gasteiger partial charge is 0.490 e. The van der Waals surface area contributed by atoms with Gasteiger partial charge in [-0.2, -0.15) is 0 Å². The highest BCUT2D eigenvalue weighted by Gasteiger charge is 2.11. The number of aromatic nitrogens is 1. The van der Waals surface area contributed by atoms with Crippen molar-refractivity contribution in [2.75, 3.05) is 18.5 Å². The average molecular weight is 243 g/mol. The lowest BCUT2D eigenvalue weighted by atomic mass is 10.1. The Balaban J connectivity index is 2.58. The Bertz CT molecular complexity index is 318. The molecule has 0 bridgehead atoms. The SMILES string of the molecule is CCOc1cccnc1NCC(Cl)C(C)C. The molecule has 1 aromatic rings. The van der Waals surface area contributed by atoms with E-state index in [1.54, 1.807) is 6.20 Å². The molecule has 1 rings (SSSR count). The van der Waals surface area contributed by atoms with Crippen LogP contribution < -0.4 is 10.1 Å². The molecule has 1 aromatic heterocycles. The molecule has 0 aliphatic heterocycles. The van der Waals surface area contributed by atoms with Crippen molar-refractivity contribution in [3.05, 3.63) is 18.3 Å². The number of hydrogen-bond acceptors (Lipinski definition) is 3. The summed E-state index contributed by atoms with van der Waals surface area (Å²) in [5, 5.41) is 3.31. The standard InChI is InChI=1S/C12H19ClN2O/c1-4-16-11-6-5-7-14-12(11)15-8-10(13)9(2)3/h5-7,9-10H,4,8H2,1-3H3,(H,14,15). The van der Waals surface area contributed by atoms with E-state index < -0.39 is 0 Å². The van der Waals surface area contributed by atoms with Crippen molar-refractivity contribution in [3.63, 3.8) is 0 Å². The quantitative estimate of drug-likeness (QED) is 0.779. The molecule has 0 aliphatic rings. The maximum atomic E-state index is 6.16. The second kappa shape index (κ2) is 6.59. The molecule has 0 fully saturated rings. The molecule has 4 heteroatoms. The molecular formula is C12H19ClN2O. The van der Waals surface area contributed by atoms with Gasteiger partial charge in [-0.15, -0.1) is 11.6 Å². The number of nitrogens with one attached hydrogen (secondary N) is 1. The summed E-state index contributed by atoms with van der Waals surface area (Å²) in [7, 11) is 0. The van der Waals surface area contributed by atoms with Crippen molar-refractivity contribution in [2.45, 2.75) is 26.1 Å². The number of halogens is 1. The van der Waals surface area contributed by atoms with E-state index in [2.05, 4.69) is 24.1 Å². The van der Waals surface area contributed by atoms with Gasteiger partial charge in [-0.05, 0) is 25.0 Å². The fraction of sp³-hybridized carbons (Fsp3) is 0.583. The van der Waals surface area contributed by atoms with Crippen molar-refractivity contribution in [3.8, 4) is 5.75 Å². The predicted molar refractivity (Wildman–Crippen MR) is 68.4 cm³/mol. The summed E-state index contributed by atoms with van der Waals surface area (Å²) < 4.78 is 5.46. The number of alkyl halides is 1. The number of ether oxygens (including phenoxy) is 1. The topological polar surface area (TPSA) is 34.1 Å². The molecule has 16 heavy (non-hydrogen) atoms. The highest BCUT2D eigenvalue weighted by atomic mass is 35.5. The highest BCUT2D eigenvalue weighted by Crippen LogP contribution is 2.21. The molecule has 1 heterocycles. The van der Waals surface area contributed by atoms with Gasteiger partial charge in [0.2, 0.25) is 0 Å². The van der Waals surface area contributed by atoms with Crippen molar-refractivity contribution in [2.24, 2.45) is 5.92 Å². The molecule has 3 nitrogen and oxygen atoms in total. The normalized spacial score (nSPS) is 12.6. The Kier molecular flexibility index (Phi) is 5.39. The van der Waals surface area contributed by atoms with E-state index in [1.807, 2.05) is 19.1 Å². The molecule has 90 valence electrons. The van der Waals surface area contributed by atoms with Crippen molar-refractivity contribution in [1.82, 2.24) is 4.98 Å². The summed E-state index contributed by atoms with van der Waals surface area (Å²) in [5.74, 6) is 1.97. The van der Waals surface area contributed by atoms with Crippen LogP contribution >= 0.6 is 11.6 Å². The fourth-order valence-corrected chi connectivity index (χ4v) is 1.30. The van der Waals surface area contributed by atoms with Crippen LogP contribution in [0.15, 0.2) is 18.3 Å². The van der Waals surface area contributed by atoms with E-state index in [0.29, 0.717) is 19.1 Å². The van der Waals surface area contributed by atoms with Crippen molar-refractivity contribution >= 4 is 17.4 Å². The maximum Gasteiger partial charge on any atom is 0.168 e. The van der Waals surface area contributed by atoms with E-state index in [1.165, 1.54) is 0 Å². The lowest BCUT2D eigenvalue weighted by molar-refractivity contribution is 0.340. The highest BCUT2D eigenvalue weighted by molar-refractivity contribution is 6.21. The molecular weight excluding hydrogens is 224 g/mol. The molecule has 0 spiro atoms. The Morgan fingerprint density at radius 2 is 2.25 bits per heavy atom. The van der Waals surface area contributed by atoms with Crippen LogP contribution in [0.1, 0.15) is 20.8 Å². The number of hydrogen-bond donors (Lipinski definition) is 1. The van der Waals surface area contributed by atoms with Gasteiger partial charge in [-0.1, -0.05) is 13.8 Å². The van der Waals surface area contributed by atoms with E-state index in [4.69, 9.17) is 16.3 Å². The van der Waals surface area contributed by atoms with E-state index >= 15 is 0 Å². The minimum Gasteiger partial charge on any atom is -0.490 e. The van der Waals surface area contributed by atoms with Gasteiger partial charge in [0.05, 0.1) is 12.0 Å². The molecule has 0 aliphatic carbocycles. The number of nitrogens with zero attached hydrogens (tertiary/aromatic N) is 1. The number of rotatable bonds is 6. The Labute approximate surface area is 102 Å². The third-order valence-electron chi connectivity index (χ3n) is 2.26. The average Bonchev–Trinajstić information content (AvgIpc) is 2.27. The summed E-state index contributed by atoms with van der Waals surface area (Å²) in [4.78, 5) is 4.23. The van der Waals surface area contributed by atoms with Gasteiger partial charge in [-0.3, -0.25) is 0 Å². The second-order valence-corrected chi connectivity index (χ2v) is 4.48. The van der Waals surface area contributed by atoms with Gasteiger partial charge in [0.1, 0.15) is 0 Å². The van der Waals surface area contributed by atoms with Gasteiger partial charge < -0.3 is 10.1 Å². The third-order valence-corrected chi connectivity index (χ3v) is 2.92. The first-order valence-corrected chi connectivity index (χ1v) is 6.04. The van der Waals surface area contributed by atoms with Crippen LogP contribution in [0, 0.1) is 5.92 Å². The zero-order chi connectivity index (χ0) is 12.0. The number of anilines is 1. The van der Waals surface area contributed by atoms with Crippen LogP contribution in [0.25, 0.3) is 0 Å². The minimum absolute atomic E-state index is 0.0940. The molecule has 0 aromatic carbocycles. The molecule has 0 saturated carbocycles. The van der Waals surface area contributed by atoms with Crippen LogP contribution in [0.3, 0.4) is 0 Å². The second-order valence-electron chi connectivity index (χ2n) is 3.92. The van der Waals surface area contributed by atoms with Crippen molar-refractivity contribution < 1.29 is 4.74 Å². The smallest absolute Gasteiger partial charge is 0.168 e. The van der Waals surface area contributed by atoms with Gasteiger partial charge in [-0.25, -0.2) is 4.98 Å². The van der Waals surface area contributed by atoms with Crippen LogP contribution in [-0.4, -0.2) is 23.5 Å². The summed E-state index contributed by atoms with van der Waals surface area (Å²) in [6.45, 7) is 7.48. The number of pyridine rings is 1. The molecule has 1 N–H and O–H groups in total. The zero-order valence-electron chi connectivity index (χ0n) is 10.0. The van der Waals surface area contributed by atoms with Crippen LogP contribution in [0.2, 0.25) is 0 Å². The zero-order valence-corrected chi connectivity index (χ0v) is 10.8. The van der Waals surface area contributed by atoms with Crippen LogP contribution in [0.4, 0.5) is 5.82 Å². The maximum absolute atomic E-state index is 6.16. The van der Waals surface area contributed by atoms with Gasteiger partial charge in [0, 0.05) is 12.7 Å². The van der Waals surface area contributed by atoms with E-state index in [0.717, 1.165) is 11.6 Å². The third kappa shape index (κ3) is 3.89. The Hall–Kier alpha value is -0.960. The molecule has 1 atom stereocenters. The summed E-state index contributed by atoms with van der Waals surface area (Å²) >= 11 is 6.16. The first-order chi connectivity index (χ1) is 7.65. The van der Waals surface area contributed by atoms with Crippen LogP contribution in [0.5, 0.6) is 5.75 Å². The van der Waals surface area contributed by atoms with Crippen LogP contribution in [-0.2, 0) is 0 Å². The lowest BCUT2D eigenvalue weighted by Gasteiger charge is -2.16. The summed E-state index contributed by atoms with van der Waals surface area (Å²) in [6, 6.07) is 3.76. The lowest BCUT2D eigenvalue weighted by Crippen LogP contribution is -2.20. The molecule has 0 radical (unpaired) electrons. The fourth-order valence-electron chi connectivity index (χ4n) is 1.23. The summed E-state index contributed by atoms with van der Waals surface area (Å²) in [6.07, 6.45) is 1.74. The molecule has 0 saturated heterocycles. The van der Waals surface area contributed by atoms with E-state index in [9.17, 15) is 0 Å². The first-order valence-electron chi connectivity index (χ1n) is 5.61. The predicted octanol–water partition coefficient (Wildman–Crippen LogP) is 3.16. The Morgan fingerprint density at radius 3 is 2.88 bits per heavy atom. The molecule has 1 unspecified atom stereocenters. The first kappa shape index (κ1) is 13.1. The Morgan fingerprint density at radius 1 is 1.50 bits per heavy atom. The summed E-state index contributed by atoms with van der Waals surface area (Å²) in [5.41, 5.74) is 0. The monoisotopic (exact) mass is 242 g/mol. The van der Waals surface area contributed by atoms with Gasteiger partial charge in [0.15, 0.2) is 11.6 Å². The van der Waals surface area contributed by atoms with Gasteiger partial charge in [0.25, 0.3) is 0 Å². The molecule has 0 amide bonds. The van der Waals surface area contributed by atoms with Gasteiger partial charge >= 0.3 is 0 Å². The van der Waals surface area contributed by atoms with E-state index in [-0.39, 0.29) is 5.38 Å². The minimum atomic E-state index is 0.0940.